The van der Waals surface area contributed by atoms with Crippen LogP contribution >= 0.6 is 0 Å². The summed E-state index contributed by atoms with van der Waals surface area (Å²) in [5.74, 6) is -1.49. The molecule has 0 saturated carbocycles. The summed E-state index contributed by atoms with van der Waals surface area (Å²) in [5.41, 5.74) is -1.66. The van der Waals surface area contributed by atoms with E-state index in [0.717, 1.165) is 7.05 Å². The van der Waals surface area contributed by atoms with Gasteiger partial charge in [0.2, 0.25) is 5.72 Å². The van der Waals surface area contributed by atoms with E-state index in [2.05, 4.69) is 0 Å². The summed E-state index contributed by atoms with van der Waals surface area (Å²) in [5, 5.41) is 27.9. The predicted molar refractivity (Wildman–Crippen MR) is 52.3 cm³/mol. The highest BCUT2D eigenvalue weighted by Gasteiger charge is 2.40. The van der Waals surface area contributed by atoms with Gasteiger partial charge in [0.25, 0.3) is 0 Å². The summed E-state index contributed by atoms with van der Waals surface area (Å²) < 4.78 is 0. The van der Waals surface area contributed by atoms with Gasteiger partial charge in [-0.2, -0.15) is 5.06 Å². The number of rotatable bonds is 4. The molecule has 0 saturated heterocycles. The highest BCUT2D eigenvalue weighted by molar-refractivity contribution is 5.76. The highest BCUT2D eigenvalue weighted by Crippen LogP contribution is 2.15. The summed E-state index contributed by atoms with van der Waals surface area (Å²) in [6.07, 6.45) is -0.184. The lowest BCUT2D eigenvalue weighted by Crippen LogP contribution is -2.53. The van der Waals surface area contributed by atoms with E-state index in [1.54, 1.807) is 30.3 Å². The van der Waals surface area contributed by atoms with Crippen molar-refractivity contribution < 1.29 is 20.2 Å². The second-order valence-corrected chi connectivity index (χ2v) is 3.31. The SMILES string of the molecule is CN(O)[C@@](O)(Cc1ccccc1)C(=O)O. The Balaban J connectivity index is 2.90. The Morgan fingerprint density at radius 3 is 2.33 bits per heavy atom. The largest absolute Gasteiger partial charge is 0.478 e. The van der Waals surface area contributed by atoms with E-state index in [1.807, 2.05) is 0 Å². The first-order valence-corrected chi connectivity index (χ1v) is 4.39. The molecule has 5 heteroatoms. The molecule has 1 rings (SSSR count). The quantitative estimate of drug-likeness (QED) is 0.493. The number of nitrogens with zero attached hydrogens (tertiary/aromatic N) is 1. The van der Waals surface area contributed by atoms with Crippen molar-refractivity contribution >= 4 is 5.97 Å². The molecule has 1 aromatic rings. The monoisotopic (exact) mass is 211 g/mol. The van der Waals surface area contributed by atoms with Gasteiger partial charge in [0.15, 0.2) is 0 Å². The lowest BCUT2D eigenvalue weighted by Gasteiger charge is -2.28. The van der Waals surface area contributed by atoms with Crippen LogP contribution < -0.4 is 0 Å². The maximum Gasteiger partial charge on any atom is 0.353 e. The maximum atomic E-state index is 10.8. The third-order valence-corrected chi connectivity index (χ3v) is 2.17. The standard InChI is InChI=1S/C10H13NO4/c1-11(15)10(14,9(12)13)7-8-5-3-2-4-6-8/h2-6,14-15H,7H2,1H3,(H,12,13)/t10-/m1/s1. The summed E-state index contributed by atoms with van der Waals surface area (Å²) >= 11 is 0. The third kappa shape index (κ3) is 2.53. The molecule has 0 aromatic heterocycles. The van der Waals surface area contributed by atoms with Crippen LogP contribution in [0.5, 0.6) is 0 Å². The van der Waals surface area contributed by atoms with Gasteiger partial charge >= 0.3 is 5.97 Å². The zero-order valence-electron chi connectivity index (χ0n) is 8.29. The van der Waals surface area contributed by atoms with Gasteiger partial charge in [0.1, 0.15) is 0 Å². The average Bonchev–Trinajstić information content (AvgIpc) is 2.18. The highest BCUT2D eigenvalue weighted by atomic mass is 16.6. The topological polar surface area (TPSA) is 81.0 Å². The molecule has 0 bridgehead atoms. The smallest absolute Gasteiger partial charge is 0.353 e. The summed E-state index contributed by atoms with van der Waals surface area (Å²) in [6, 6.07) is 8.60. The molecule has 0 radical (unpaired) electrons. The van der Waals surface area contributed by atoms with Crippen LogP contribution in [0, 0.1) is 0 Å². The molecule has 0 fully saturated rings. The summed E-state index contributed by atoms with van der Waals surface area (Å²) in [6.45, 7) is 0. The Bertz CT molecular complexity index is 339. The number of carbonyl (C=O) groups is 1. The molecule has 1 atom stereocenters. The molecule has 0 spiro atoms. The number of aliphatic hydroxyl groups is 1. The van der Waals surface area contributed by atoms with Crippen molar-refractivity contribution in [3.63, 3.8) is 0 Å². The van der Waals surface area contributed by atoms with Crippen molar-refractivity contribution in [3.05, 3.63) is 35.9 Å². The Hall–Kier alpha value is -1.43. The van der Waals surface area contributed by atoms with E-state index < -0.39 is 11.7 Å². The molecule has 1 aromatic carbocycles. The second-order valence-electron chi connectivity index (χ2n) is 3.31. The summed E-state index contributed by atoms with van der Waals surface area (Å²) in [7, 11) is 1.09. The van der Waals surface area contributed by atoms with Gasteiger partial charge in [-0.1, -0.05) is 30.3 Å². The molecular weight excluding hydrogens is 198 g/mol. The lowest BCUT2D eigenvalue weighted by atomic mass is 10.0. The van der Waals surface area contributed by atoms with Crippen molar-refractivity contribution in [1.82, 2.24) is 5.06 Å². The van der Waals surface area contributed by atoms with Gasteiger partial charge in [-0.15, -0.1) is 0 Å². The minimum absolute atomic E-state index is 0.184. The zero-order valence-corrected chi connectivity index (χ0v) is 8.29. The molecule has 0 amide bonds. The van der Waals surface area contributed by atoms with Crippen molar-refractivity contribution in [2.24, 2.45) is 0 Å². The Morgan fingerprint density at radius 2 is 1.93 bits per heavy atom. The van der Waals surface area contributed by atoms with E-state index >= 15 is 0 Å². The van der Waals surface area contributed by atoms with Crippen molar-refractivity contribution in [2.45, 2.75) is 12.1 Å². The molecule has 82 valence electrons. The molecule has 0 aliphatic heterocycles. The number of aliphatic carboxylic acids is 1. The Morgan fingerprint density at radius 1 is 1.40 bits per heavy atom. The fraction of sp³-hybridized carbons (Fsp3) is 0.300. The lowest BCUT2D eigenvalue weighted by molar-refractivity contribution is -0.249. The minimum Gasteiger partial charge on any atom is -0.478 e. The van der Waals surface area contributed by atoms with Gasteiger partial charge in [-0.05, 0) is 5.56 Å². The van der Waals surface area contributed by atoms with Crippen LogP contribution in [0.4, 0.5) is 0 Å². The number of carboxylic acids is 1. The van der Waals surface area contributed by atoms with Crippen molar-refractivity contribution in [3.8, 4) is 0 Å². The first kappa shape index (κ1) is 11.6. The number of hydrogen-bond acceptors (Lipinski definition) is 4. The molecule has 5 nitrogen and oxygen atoms in total. The maximum absolute atomic E-state index is 10.8. The molecule has 0 unspecified atom stereocenters. The number of benzene rings is 1. The Kier molecular flexibility index (Phi) is 3.41. The number of hydrogen-bond donors (Lipinski definition) is 3. The van der Waals surface area contributed by atoms with Crippen molar-refractivity contribution in [2.75, 3.05) is 7.05 Å². The van der Waals surface area contributed by atoms with Gasteiger partial charge in [-0.3, -0.25) is 0 Å². The van der Waals surface area contributed by atoms with Crippen LogP contribution in [-0.2, 0) is 11.2 Å². The summed E-state index contributed by atoms with van der Waals surface area (Å²) in [4.78, 5) is 10.8. The van der Waals surface area contributed by atoms with Crippen molar-refractivity contribution in [1.29, 1.82) is 0 Å². The van der Waals surface area contributed by atoms with Crippen LogP contribution in [0.1, 0.15) is 5.56 Å². The molecular formula is C10H13NO4. The normalized spacial score (nSPS) is 14.9. The van der Waals surface area contributed by atoms with E-state index in [1.165, 1.54) is 0 Å². The van der Waals surface area contributed by atoms with Crippen LogP contribution in [0.2, 0.25) is 0 Å². The zero-order chi connectivity index (χ0) is 11.5. The Labute approximate surface area is 87.1 Å². The van der Waals surface area contributed by atoms with Crippen LogP contribution in [-0.4, -0.2) is 39.2 Å². The fourth-order valence-corrected chi connectivity index (χ4v) is 1.21. The molecule has 0 aliphatic rings. The predicted octanol–water partition coefficient (Wildman–Crippen LogP) is 0.323. The average molecular weight is 211 g/mol. The van der Waals surface area contributed by atoms with Gasteiger partial charge < -0.3 is 15.4 Å². The van der Waals surface area contributed by atoms with E-state index in [9.17, 15) is 9.90 Å². The van der Waals surface area contributed by atoms with Crippen LogP contribution in [0.3, 0.4) is 0 Å². The minimum atomic E-state index is -2.29. The van der Waals surface area contributed by atoms with E-state index in [-0.39, 0.29) is 6.42 Å². The number of carboxylic acid groups (broad SMARTS) is 1. The first-order valence-electron chi connectivity index (χ1n) is 4.39. The number of likely N-dealkylation sites (N-methyl/N-ethyl adjacent to an activating group) is 1. The fourth-order valence-electron chi connectivity index (χ4n) is 1.21. The van der Waals surface area contributed by atoms with Gasteiger partial charge in [0, 0.05) is 13.5 Å². The molecule has 3 N–H and O–H groups in total. The second kappa shape index (κ2) is 4.39. The van der Waals surface area contributed by atoms with Crippen LogP contribution in [0.15, 0.2) is 30.3 Å². The third-order valence-electron chi connectivity index (χ3n) is 2.17. The number of hydroxylamine groups is 2. The van der Waals surface area contributed by atoms with Gasteiger partial charge in [-0.25, -0.2) is 4.79 Å². The van der Waals surface area contributed by atoms with Gasteiger partial charge in [0.05, 0.1) is 0 Å². The van der Waals surface area contributed by atoms with E-state index in [4.69, 9.17) is 10.3 Å². The molecule has 15 heavy (non-hydrogen) atoms. The van der Waals surface area contributed by atoms with Crippen LogP contribution in [0.25, 0.3) is 0 Å². The molecule has 0 aliphatic carbocycles. The molecule has 0 heterocycles. The van der Waals surface area contributed by atoms with E-state index in [0.29, 0.717) is 10.6 Å². The first-order chi connectivity index (χ1) is 6.97.